The van der Waals surface area contributed by atoms with Gasteiger partial charge < -0.3 is 10.4 Å². The lowest BCUT2D eigenvalue weighted by atomic mass is 10.1. The van der Waals surface area contributed by atoms with Crippen LogP contribution in [-0.2, 0) is 0 Å². The molecule has 0 fully saturated rings. The Morgan fingerprint density at radius 1 is 1.30 bits per heavy atom. The molecule has 5 heteroatoms. The molecule has 0 radical (unpaired) electrons. The fraction of sp³-hybridized carbons (Fsp3) is 0.333. The fourth-order valence-electron chi connectivity index (χ4n) is 2.02. The van der Waals surface area contributed by atoms with Crippen LogP contribution in [0, 0.1) is 13.8 Å². The molecule has 1 heterocycles. The minimum Gasteiger partial charge on any atom is -0.393 e. The van der Waals surface area contributed by atoms with Crippen molar-refractivity contribution in [3.8, 4) is 0 Å². The summed E-state index contributed by atoms with van der Waals surface area (Å²) in [6.07, 6.45) is 1.80. The molecular weight excluding hydrogens is 308 g/mol. The van der Waals surface area contributed by atoms with Crippen molar-refractivity contribution >= 4 is 17.7 Å². The Morgan fingerprint density at radius 3 is 2.78 bits per heavy atom. The maximum absolute atomic E-state index is 12.3. The molecule has 2 rings (SSSR count). The highest BCUT2D eigenvalue weighted by Gasteiger charge is 2.13. The average molecular weight is 330 g/mol. The quantitative estimate of drug-likeness (QED) is 0.852. The highest BCUT2D eigenvalue weighted by atomic mass is 32.2. The summed E-state index contributed by atoms with van der Waals surface area (Å²) < 4.78 is 0. The molecule has 0 aliphatic rings. The molecule has 1 aromatic heterocycles. The number of nitrogens with one attached hydrogen (secondary N) is 1. The van der Waals surface area contributed by atoms with Crippen molar-refractivity contribution in [3.05, 3.63) is 53.2 Å². The number of benzene rings is 1. The summed E-state index contributed by atoms with van der Waals surface area (Å²) in [5.41, 5.74) is 3.02. The van der Waals surface area contributed by atoms with Crippen LogP contribution in [-0.4, -0.2) is 28.6 Å². The summed E-state index contributed by atoms with van der Waals surface area (Å²) in [6, 6.07) is 9.74. The molecule has 122 valence electrons. The fourth-order valence-corrected chi connectivity index (χ4v) is 3.00. The Balaban J connectivity index is 2.13. The molecule has 23 heavy (non-hydrogen) atoms. The SMILES string of the molecule is Cc1ccc(Sc2ncccc2C(=O)NCCC(C)O)cc1C. The standard InChI is InChI=1S/C18H22N2O2S/c1-12-6-7-15(11-13(12)2)23-18-16(5-4-9-20-18)17(22)19-10-8-14(3)21/h4-7,9,11,14,21H,8,10H2,1-3H3,(H,19,22). The van der Waals surface area contributed by atoms with E-state index in [9.17, 15) is 9.90 Å². The van der Waals surface area contributed by atoms with Crippen molar-refractivity contribution in [1.29, 1.82) is 0 Å². The first-order valence-electron chi connectivity index (χ1n) is 7.63. The van der Waals surface area contributed by atoms with Crippen molar-refractivity contribution in [2.24, 2.45) is 0 Å². The van der Waals surface area contributed by atoms with Crippen LogP contribution in [0.5, 0.6) is 0 Å². The van der Waals surface area contributed by atoms with E-state index < -0.39 is 6.10 Å². The molecule has 0 bridgehead atoms. The van der Waals surface area contributed by atoms with Crippen LogP contribution >= 0.6 is 11.8 Å². The molecule has 1 unspecified atom stereocenters. The Bertz CT molecular complexity index is 686. The lowest BCUT2D eigenvalue weighted by Gasteiger charge is -2.10. The second kappa shape index (κ2) is 8.13. The number of hydrogen-bond acceptors (Lipinski definition) is 4. The lowest BCUT2D eigenvalue weighted by molar-refractivity contribution is 0.0942. The highest BCUT2D eigenvalue weighted by molar-refractivity contribution is 7.99. The summed E-state index contributed by atoms with van der Waals surface area (Å²) in [6.45, 7) is 6.30. The van der Waals surface area contributed by atoms with Gasteiger partial charge in [-0.25, -0.2) is 4.98 Å². The van der Waals surface area contributed by atoms with Crippen LogP contribution in [0.1, 0.15) is 34.8 Å². The minimum atomic E-state index is -0.423. The summed E-state index contributed by atoms with van der Waals surface area (Å²) >= 11 is 1.48. The zero-order chi connectivity index (χ0) is 16.8. The molecule has 1 aromatic carbocycles. The number of aromatic nitrogens is 1. The minimum absolute atomic E-state index is 0.162. The van der Waals surface area contributed by atoms with Crippen LogP contribution < -0.4 is 5.32 Å². The third-order valence-corrected chi connectivity index (χ3v) is 4.56. The second-order valence-electron chi connectivity index (χ2n) is 5.60. The number of hydrogen-bond donors (Lipinski definition) is 2. The van der Waals surface area contributed by atoms with Gasteiger partial charge in [-0.05, 0) is 62.6 Å². The van der Waals surface area contributed by atoms with Gasteiger partial charge in [0.05, 0.1) is 11.7 Å². The number of carbonyl (C=O) groups is 1. The van der Waals surface area contributed by atoms with Crippen LogP contribution in [0.2, 0.25) is 0 Å². The third-order valence-electron chi connectivity index (χ3n) is 3.56. The van der Waals surface area contributed by atoms with E-state index in [1.165, 1.54) is 22.9 Å². The van der Waals surface area contributed by atoms with Gasteiger partial charge in [-0.2, -0.15) is 0 Å². The van der Waals surface area contributed by atoms with Gasteiger partial charge >= 0.3 is 0 Å². The summed E-state index contributed by atoms with van der Waals surface area (Å²) in [4.78, 5) is 17.7. The third kappa shape index (κ3) is 5.08. The number of nitrogens with zero attached hydrogens (tertiary/aromatic N) is 1. The molecular formula is C18H22N2O2S. The molecule has 1 atom stereocenters. The number of aliphatic hydroxyl groups excluding tert-OH is 1. The monoisotopic (exact) mass is 330 g/mol. The van der Waals surface area contributed by atoms with Crippen molar-refractivity contribution in [3.63, 3.8) is 0 Å². The number of aryl methyl sites for hydroxylation is 2. The summed E-state index contributed by atoms with van der Waals surface area (Å²) in [5, 5.41) is 12.8. The van der Waals surface area contributed by atoms with E-state index >= 15 is 0 Å². The van der Waals surface area contributed by atoms with Gasteiger partial charge in [-0.15, -0.1) is 0 Å². The van der Waals surface area contributed by atoms with E-state index in [2.05, 4.69) is 36.3 Å². The van der Waals surface area contributed by atoms with E-state index in [1.54, 1.807) is 25.3 Å². The van der Waals surface area contributed by atoms with Gasteiger partial charge in [0.2, 0.25) is 0 Å². The Morgan fingerprint density at radius 2 is 2.09 bits per heavy atom. The van der Waals surface area contributed by atoms with Crippen molar-refractivity contribution in [2.75, 3.05) is 6.54 Å². The maximum Gasteiger partial charge on any atom is 0.254 e. The predicted octanol–water partition coefficient (Wildman–Crippen LogP) is 3.35. The van der Waals surface area contributed by atoms with Crippen LogP contribution in [0.25, 0.3) is 0 Å². The lowest BCUT2D eigenvalue weighted by Crippen LogP contribution is -2.27. The molecule has 0 saturated heterocycles. The molecule has 2 N–H and O–H groups in total. The van der Waals surface area contributed by atoms with E-state index in [1.807, 2.05) is 6.07 Å². The van der Waals surface area contributed by atoms with Crippen LogP contribution in [0.4, 0.5) is 0 Å². The average Bonchev–Trinajstić information content (AvgIpc) is 2.51. The molecule has 0 aliphatic heterocycles. The Kier molecular flexibility index (Phi) is 6.19. The van der Waals surface area contributed by atoms with Crippen molar-refractivity contribution < 1.29 is 9.90 Å². The Labute approximate surface area is 141 Å². The van der Waals surface area contributed by atoms with E-state index in [4.69, 9.17) is 0 Å². The molecule has 0 spiro atoms. The number of pyridine rings is 1. The first kappa shape index (κ1) is 17.5. The van der Waals surface area contributed by atoms with E-state index in [0.29, 0.717) is 23.6 Å². The van der Waals surface area contributed by atoms with Gasteiger partial charge in [-0.1, -0.05) is 17.8 Å². The zero-order valence-corrected chi connectivity index (χ0v) is 14.5. The number of amides is 1. The smallest absolute Gasteiger partial charge is 0.254 e. The number of aliphatic hydroxyl groups is 1. The van der Waals surface area contributed by atoms with Crippen LogP contribution in [0.15, 0.2) is 46.5 Å². The summed E-state index contributed by atoms with van der Waals surface area (Å²) in [7, 11) is 0. The van der Waals surface area contributed by atoms with Crippen molar-refractivity contribution in [2.45, 2.75) is 43.2 Å². The zero-order valence-electron chi connectivity index (χ0n) is 13.7. The number of rotatable bonds is 6. The second-order valence-corrected chi connectivity index (χ2v) is 6.66. The topological polar surface area (TPSA) is 62.2 Å². The molecule has 2 aromatic rings. The number of carbonyl (C=O) groups excluding carboxylic acids is 1. The Hall–Kier alpha value is -1.85. The van der Waals surface area contributed by atoms with Gasteiger partial charge in [-0.3, -0.25) is 4.79 Å². The van der Waals surface area contributed by atoms with Gasteiger partial charge in [0, 0.05) is 17.6 Å². The molecule has 0 aliphatic carbocycles. The van der Waals surface area contributed by atoms with Gasteiger partial charge in [0.15, 0.2) is 0 Å². The van der Waals surface area contributed by atoms with Crippen molar-refractivity contribution in [1.82, 2.24) is 10.3 Å². The normalized spacial score (nSPS) is 12.0. The maximum atomic E-state index is 12.3. The van der Waals surface area contributed by atoms with Gasteiger partial charge in [0.25, 0.3) is 5.91 Å². The molecule has 1 amide bonds. The van der Waals surface area contributed by atoms with E-state index in [0.717, 1.165) is 4.90 Å². The first-order chi connectivity index (χ1) is 11.0. The molecule has 0 saturated carbocycles. The van der Waals surface area contributed by atoms with Gasteiger partial charge in [0.1, 0.15) is 5.03 Å². The predicted molar refractivity (Wildman–Crippen MR) is 92.9 cm³/mol. The first-order valence-corrected chi connectivity index (χ1v) is 8.45. The van der Waals surface area contributed by atoms with E-state index in [-0.39, 0.29) is 5.91 Å². The largest absolute Gasteiger partial charge is 0.393 e. The highest BCUT2D eigenvalue weighted by Crippen LogP contribution is 2.29. The molecule has 4 nitrogen and oxygen atoms in total. The summed E-state index contributed by atoms with van der Waals surface area (Å²) in [5.74, 6) is -0.162. The van der Waals surface area contributed by atoms with Crippen LogP contribution in [0.3, 0.4) is 0 Å².